The molecule has 116 valence electrons. The molecule has 1 N–H and O–H groups in total. The van der Waals surface area contributed by atoms with Crippen LogP contribution in [0.4, 0.5) is 0 Å². The highest BCUT2D eigenvalue weighted by Gasteiger charge is 2.14. The molecule has 2 rings (SSSR count). The first kappa shape index (κ1) is 15.9. The normalized spacial score (nSPS) is 11.6. The van der Waals surface area contributed by atoms with Crippen molar-refractivity contribution in [1.82, 2.24) is 5.32 Å². The fourth-order valence-corrected chi connectivity index (χ4v) is 2.34. The van der Waals surface area contributed by atoms with Gasteiger partial charge in [-0.2, -0.15) is 0 Å². The first-order valence-electron chi connectivity index (χ1n) is 7.21. The number of amides is 1. The Morgan fingerprint density at radius 2 is 1.86 bits per heavy atom. The minimum absolute atomic E-state index is 0.00418. The third-order valence-corrected chi connectivity index (χ3v) is 3.41. The van der Waals surface area contributed by atoms with Crippen LogP contribution in [0, 0.1) is 0 Å². The lowest BCUT2D eigenvalue weighted by molar-refractivity contribution is 0.0937. The smallest absolute Gasteiger partial charge is 0.255 e. The molecular weight excluding hydrogens is 278 g/mol. The van der Waals surface area contributed by atoms with Gasteiger partial charge in [-0.1, -0.05) is 24.3 Å². The summed E-state index contributed by atoms with van der Waals surface area (Å²) in [6, 6.07) is 15.1. The molecule has 0 aromatic heterocycles. The van der Waals surface area contributed by atoms with Gasteiger partial charge in [0.15, 0.2) is 0 Å². The van der Waals surface area contributed by atoms with E-state index >= 15 is 0 Å². The van der Waals surface area contributed by atoms with Gasteiger partial charge in [0.1, 0.15) is 11.5 Å². The standard InChI is InChI=1S/C18H21NO3/c1-13(11-14-7-6-8-15(12-14)21-2)19-18(20)16-9-4-5-10-17(16)22-3/h4-10,12-13H,11H2,1-3H3,(H,19,20). The number of nitrogens with one attached hydrogen (secondary N) is 1. The van der Waals surface area contributed by atoms with Crippen LogP contribution in [-0.2, 0) is 6.42 Å². The molecule has 0 heterocycles. The average Bonchev–Trinajstić information content (AvgIpc) is 2.54. The zero-order valence-corrected chi connectivity index (χ0v) is 13.1. The van der Waals surface area contributed by atoms with Crippen LogP contribution >= 0.6 is 0 Å². The van der Waals surface area contributed by atoms with Gasteiger partial charge in [-0.15, -0.1) is 0 Å². The number of carbonyl (C=O) groups excluding carboxylic acids is 1. The molecule has 1 atom stereocenters. The molecule has 0 aliphatic rings. The van der Waals surface area contributed by atoms with Gasteiger partial charge in [0.05, 0.1) is 19.8 Å². The van der Waals surface area contributed by atoms with E-state index in [0.717, 1.165) is 17.7 Å². The molecule has 2 aromatic carbocycles. The number of rotatable bonds is 6. The van der Waals surface area contributed by atoms with E-state index in [1.165, 1.54) is 0 Å². The van der Waals surface area contributed by atoms with E-state index < -0.39 is 0 Å². The lowest BCUT2D eigenvalue weighted by atomic mass is 10.1. The minimum atomic E-state index is -0.132. The number of carbonyl (C=O) groups is 1. The largest absolute Gasteiger partial charge is 0.497 e. The van der Waals surface area contributed by atoms with Crippen molar-refractivity contribution in [1.29, 1.82) is 0 Å². The summed E-state index contributed by atoms with van der Waals surface area (Å²) in [6.07, 6.45) is 0.734. The number of para-hydroxylation sites is 1. The summed E-state index contributed by atoms with van der Waals surface area (Å²) >= 11 is 0. The molecule has 0 bridgehead atoms. The number of ether oxygens (including phenoxy) is 2. The molecular formula is C18H21NO3. The Labute approximate surface area is 131 Å². The zero-order valence-electron chi connectivity index (χ0n) is 13.1. The summed E-state index contributed by atoms with van der Waals surface area (Å²) in [5.41, 5.74) is 1.66. The van der Waals surface area contributed by atoms with Crippen LogP contribution in [-0.4, -0.2) is 26.2 Å². The topological polar surface area (TPSA) is 47.6 Å². The van der Waals surface area contributed by atoms with Crippen molar-refractivity contribution in [3.05, 3.63) is 59.7 Å². The third-order valence-electron chi connectivity index (χ3n) is 3.41. The summed E-state index contributed by atoms with van der Waals surface area (Å²) in [5, 5.41) is 3.00. The molecule has 22 heavy (non-hydrogen) atoms. The Morgan fingerprint density at radius 1 is 1.09 bits per heavy atom. The van der Waals surface area contributed by atoms with Crippen molar-refractivity contribution in [2.24, 2.45) is 0 Å². The molecule has 0 saturated carbocycles. The molecule has 0 radical (unpaired) electrons. The second-order valence-corrected chi connectivity index (χ2v) is 5.13. The maximum atomic E-state index is 12.3. The van der Waals surface area contributed by atoms with Crippen LogP contribution < -0.4 is 14.8 Å². The van der Waals surface area contributed by atoms with Crippen LogP contribution in [0.2, 0.25) is 0 Å². The summed E-state index contributed by atoms with van der Waals surface area (Å²) in [4.78, 5) is 12.3. The van der Waals surface area contributed by atoms with Crippen LogP contribution in [0.25, 0.3) is 0 Å². The van der Waals surface area contributed by atoms with Gasteiger partial charge >= 0.3 is 0 Å². The average molecular weight is 299 g/mol. The van der Waals surface area contributed by atoms with Crippen molar-refractivity contribution < 1.29 is 14.3 Å². The number of hydrogen-bond donors (Lipinski definition) is 1. The van der Waals surface area contributed by atoms with E-state index in [1.54, 1.807) is 26.4 Å². The van der Waals surface area contributed by atoms with Crippen molar-refractivity contribution in [2.45, 2.75) is 19.4 Å². The lowest BCUT2D eigenvalue weighted by Gasteiger charge is -2.15. The Bertz CT molecular complexity index is 640. The fraction of sp³-hybridized carbons (Fsp3) is 0.278. The van der Waals surface area contributed by atoms with Gasteiger partial charge in [-0.3, -0.25) is 4.79 Å². The number of methoxy groups -OCH3 is 2. The molecule has 0 aliphatic heterocycles. The van der Waals surface area contributed by atoms with Gasteiger partial charge < -0.3 is 14.8 Å². The van der Waals surface area contributed by atoms with Crippen molar-refractivity contribution in [2.75, 3.05) is 14.2 Å². The molecule has 0 spiro atoms. The predicted molar refractivity (Wildman–Crippen MR) is 86.6 cm³/mol. The van der Waals surface area contributed by atoms with Crippen molar-refractivity contribution >= 4 is 5.91 Å². The van der Waals surface area contributed by atoms with E-state index in [9.17, 15) is 4.79 Å². The van der Waals surface area contributed by atoms with Gasteiger partial charge in [-0.05, 0) is 43.2 Å². The molecule has 4 heteroatoms. The van der Waals surface area contributed by atoms with Crippen molar-refractivity contribution in [3.63, 3.8) is 0 Å². The Balaban J connectivity index is 2.02. The molecule has 0 saturated heterocycles. The second-order valence-electron chi connectivity index (χ2n) is 5.13. The summed E-state index contributed by atoms with van der Waals surface area (Å²) in [5.74, 6) is 1.27. The molecule has 0 fully saturated rings. The van der Waals surface area contributed by atoms with Crippen LogP contribution in [0.3, 0.4) is 0 Å². The second kappa shape index (κ2) is 7.50. The van der Waals surface area contributed by atoms with E-state index in [-0.39, 0.29) is 11.9 Å². The Hall–Kier alpha value is -2.49. The van der Waals surface area contributed by atoms with E-state index in [0.29, 0.717) is 11.3 Å². The van der Waals surface area contributed by atoms with Gasteiger partial charge in [-0.25, -0.2) is 0 Å². The van der Waals surface area contributed by atoms with Crippen LogP contribution in [0.5, 0.6) is 11.5 Å². The summed E-state index contributed by atoms with van der Waals surface area (Å²) < 4.78 is 10.4. The highest BCUT2D eigenvalue weighted by molar-refractivity contribution is 5.97. The first-order chi connectivity index (χ1) is 10.6. The monoisotopic (exact) mass is 299 g/mol. The van der Waals surface area contributed by atoms with Crippen molar-refractivity contribution in [3.8, 4) is 11.5 Å². The third kappa shape index (κ3) is 4.01. The number of hydrogen-bond acceptors (Lipinski definition) is 3. The van der Waals surface area contributed by atoms with Gasteiger partial charge in [0.2, 0.25) is 0 Å². The highest BCUT2D eigenvalue weighted by Crippen LogP contribution is 2.18. The van der Waals surface area contributed by atoms with E-state index in [4.69, 9.17) is 9.47 Å². The fourth-order valence-electron chi connectivity index (χ4n) is 2.34. The quantitative estimate of drug-likeness (QED) is 0.891. The molecule has 2 aromatic rings. The molecule has 4 nitrogen and oxygen atoms in total. The minimum Gasteiger partial charge on any atom is -0.497 e. The maximum Gasteiger partial charge on any atom is 0.255 e. The summed E-state index contributed by atoms with van der Waals surface area (Å²) in [6.45, 7) is 1.98. The summed E-state index contributed by atoms with van der Waals surface area (Å²) in [7, 11) is 3.21. The maximum absolute atomic E-state index is 12.3. The van der Waals surface area contributed by atoms with Crippen LogP contribution in [0.15, 0.2) is 48.5 Å². The first-order valence-corrected chi connectivity index (χ1v) is 7.21. The van der Waals surface area contributed by atoms with E-state index in [2.05, 4.69) is 5.32 Å². The SMILES string of the molecule is COc1cccc(CC(C)NC(=O)c2ccccc2OC)c1. The molecule has 1 amide bonds. The molecule has 1 unspecified atom stereocenters. The highest BCUT2D eigenvalue weighted by atomic mass is 16.5. The van der Waals surface area contributed by atoms with Crippen LogP contribution in [0.1, 0.15) is 22.8 Å². The zero-order chi connectivity index (χ0) is 15.9. The number of benzene rings is 2. The van der Waals surface area contributed by atoms with E-state index in [1.807, 2.05) is 43.3 Å². The van der Waals surface area contributed by atoms with Gasteiger partial charge in [0.25, 0.3) is 5.91 Å². The Kier molecular flexibility index (Phi) is 5.42. The Morgan fingerprint density at radius 3 is 2.59 bits per heavy atom. The lowest BCUT2D eigenvalue weighted by Crippen LogP contribution is -2.34. The predicted octanol–water partition coefficient (Wildman–Crippen LogP) is 3.06. The molecule has 0 aliphatic carbocycles. The van der Waals surface area contributed by atoms with Gasteiger partial charge in [0, 0.05) is 6.04 Å².